The molecule has 0 saturated heterocycles. The average molecular weight is 118 g/mol. The maximum atomic E-state index is 8.17. The summed E-state index contributed by atoms with van der Waals surface area (Å²) in [6, 6.07) is 0. The van der Waals surface area contributed by atoms with Gasteiger partial charge in [-0.1, -0.05) is 6.92 Å². The third kappa shape index (κ3) is 9.33. The molecule has 1 aliphatic rings. The fourth-order valence-corrected chi connectivity index (χ4v) is 0.0745. The second-order valence-corrected chi connectivity index (χ2v) is 1.95. The molecule has 1 rings (SSSR count). The first-order valence-electron chi connectivity index (χ1n) is 3.10. The van der Waals surface area contributed by atoms with Crippen LogP contribution in [0.5, 0.6) is 0 Å². The van der Waals surface area contributed by atoms with E-state index in [9.17, 15) is 0 Å². The highest BCUT2D eigenvalue weighted by Gasteiger charge is 2.15. The van der Waals surface area contributed by atoms with E-state index < -0.39 is 0 Å². The molecule has 0 unspecified atom stereocenters. The Morgan fingerprint density at radius 3 is 1.75 bits per heavy atom. The summed E-state index contributed by atoms with van der Waals surface area (Å²) in [5.41, 5.74) is 0. The summed E-state index contributed by atoms with van der Waals surface area (Å²) in [6.07, 6.45) is 3.04. The minimum Gasteiger partial charge on any atom is -0.396 e. The molecule has 8 heavy (non-hydrogen) atoms. The lowest BCUT2D eigenvalue weighted by Gasteiger charge is -1.69. The van der Waals surface area contributed by atoms with E-state index in [-0.39, 0.29) is 6.10 Å². The first kappa shape index (κ1) is 7.92. The molecule has 0 aromatic heterocycles. The molecule has 0 spiro atoms. The van der Waals surface area contributed by atoms with E-state index in [2.05, 4.69) is 0 Å². The molecular formula is C6H14O2. The second-order valence-electron chi connectivity index (χ2n) is 1.95. The molecule has 0 amide bonds. The van der Waals surface area contributed by atoms with Crippen LogP contribution in [-0.4, -0.2) is 22.9 Å². The van der Waals surface area contributed by atoms with Gasteiger partial charge in [0.15, 0.2) is 0 Å². The second kappa shape index (κ2) is 5.06. The van der Waals surface area contributed by atoms with Gasteiger partial charge in [-0.15, -0.1) is 0 Å². The van der Waals surface area contributed by atoms with Gasteiger partial charge in [-0.2, -0.15) is 0 Å². The zero-order valence-corrected chi connectivity index (χ0v) is 5.30. The van der Waals surface area contributed by atoms with E-state index in [1.54, 1.807) is 0 Å². The molecule has 0 bridgehead atoms. The predicted molar refractivity (Wildman–Crippen MR) is 32.6 cm³/mol. The largest absolute Gasteiger partial charge is 0.396 e. The maximum absolute atomic E-state index is 8.17. The summed E-state index contributed by atoms with van der Waals surface area (Å²) in [7, 11) is 0. The predicted octanol–water partition coefficient (Wildman–Crippen LogP) is 0.530. The minimum atomic E-state index is 0.0833. The lowest BCUT2D eigenvalue weighted by Crippen LogP contribution is -1.69. The van der Waals surface area contributed by atoms with Gasteiger partial charge in [-0.05, 0) is 19.3 Å². The maximum Gasteiger partial charge on any atom is 0.0542 e. The van der Waals surface area contributed by atoms with Crippen molar-refractivity contribution in [1.29, 1.82) is 0 Å². The first-order valence-corrected chi connectivity index (χ1v) is 3.10. The zero-order chi connectivity index (χ0) is 6.41. The van der Waals surface area contributed by atoms with Gasteiger partial charge >= 0.3 is 0 Å². The summed E-state index contributed by atoms with van der Waals surface area (Å²) in [4.78, 5) is 0. The third-order valence-corrected chi connectivity index (χ3v) is 0.770. The van der Waals surface area contributed by atoms with Crippen LogP contribution in [0, 0.1) is 0 Å². The molecule has 0 aromatic carbocycles. The number of hydrogen-bond acceptors (Lipinski definition) is 2. The van der Waals surface area contributed by atoms with Crippen molar-refractivity contribution < 1.29 is 10.2 Å². The quantitative estimate of drug-likeness (QED) is 0.527. The molecule has 2 heteroatoms. The van der Waals surface area contributed by atoms with Crippen molar-refractivity contribution >= 4 is 0 Å². The van der Waals surface area contributed by atoms with E-state index >= 15 is 0 Å². The minimum absolute atomic E-state index is 0.0833. The Hall–Kier alpha value is -0.0800. The molecule has 2 N–H and O–H groups in total. The highest BCUT2D eigenvalue weighted by molar-refractivity contribution is 4.68. The molecule has 0 radical (unpaired) electrons. The third-order valence-electron chi connectivity index (χ3n) is 0.770. The van der Waals surface area contributed by atoms with Crippen LogP contribution >= 0.6 is 0 Å². The van der Waals surface area contributed by atoms with Gasteiger partial charge in [0.25, 0.3) is 0 Å². The fourth-order valence-electron chi connectivity index (χ4n) is 0.0745. The molecule has 1 aliphatic carbocycles. The van der Waals surface area contributed by atoms with Crippen LogP contribution < -0.4 is 0 Å². The number of aliphatic hydroxyl groups excluding tert-OH is 2. The van der Waals surface area contributed by atoms with Crippen LogP contribution in [0.25, 0.3) is 0 Å². The smallest absolute Gasteiger partial charge is 0.0542 e. The topological polar surface area (TPSA) is 40.5 Å². The number of aliphatic hydroxyl groups is 2. The van der Waals surface area contributed by atoms with Crippen molar-refractivity contribution in [3.63, 3.8) is 0 Å². The molecule has 2 nitrogen and oxygen atoms in total. The molecule has 0 heterocycles. The Morgan fingerprint density at radius 1 is 1.50 bits per heavy atom. The van der Waals surface area contributed by atoms with Crippen LogP contribution in [0.3, 0.4) is 0 Å². The monoisotopic (exact) mass is 118 g/mol. The van der Waals surface area contributed by atoms with E-state index in [0.717, 1.165) is 19.3 Å². The van der Waals surface area contributed by atoms with Crippen LogP contribution in [0.15, 0.2) is 0 Å². The normalized spacial score (nSPS) is 16.9. The highest BCUT2D eigenvalue weighted by atomic mass is 16.3. The van der Waals surface area contributed by atoms with E-state index in [4.69, 9.17) is 10.2 Å². The van der Waals surface area contributed by atoms with Crippen molar-refractivity contribution in [2.75, 3.05) is 6.61 Å². The van der Waals surface area contributed by atoms with Gasteiger partial charge in [0.05, 0.1) is 6.10 Å². The van der Waals surface area contributed by atoms with Crippen LogP contribution in [0.1, 0.15) is 26.2 Å². The molecular weight excluding hydrogens is 104 g/mol. The summed E-state index contributed by atoms with van der Waals surface area (Å²) >= 11 is 0. The van der Waals surface area contributed by atoms with E-state index in [0.29, 0.717) is 6.61 Å². The van der Waals surface area contributed by atoms with Gasteiger partial charge < -0.3 is 10.2 Å². The highest BCUT2D eigenvalue weighted by Crippen LogP contribution is 2.16. The molecule has 1 fully saturated rings. The van der Waals surface area contributed by atoms with Crippen LogP contribution in [0.2, 0.25) is 0 Å². The van der Waals surface area contributed by atoms with E-state index in [1.807, 2.05) is 6.92 Å². The Balaban J connectivity index is 0.000000122. The van der Waals surface area contributed by atoms with Crippen LogP contribution in [-0.2, 0) is 0 Å². The Labute approximate surface area is 50.2 Å². The van der Waals surface area contributed by atoms with Gasteiger partial charge in [0.1, 0.15) is 0 Å². The molecule has 0 aliphatic heterocycles. The zero-order valence-electron chi connectivity index (χ0n) is 5.30. The molecule has 50 valence electrons. The van der Waals surface area contributed by atoms with Crippen LogP contribution in [0.4, 0.5) is 0 Å². The first-order chi connectivity index (χ1) is 3.81. The van der Waals surface area contributed by atoms with Gasteiger partial charge in [-0.25, -0.2) is 0 Å². The lowest BCUT2D eigenvalue weighted by atomic mass is 10.5. The Morgan fingerprint density at radius 2 is 1.75 bits per heavy atom. The van der Waals surface area contributed by atoms with Crippen molar-refractivity contribution in [2.45, 2.75) is 32.3 Å². The molecule has 0 aromatic rings. The number of hydrogen-bond donors (Lipinski definition) is 2. The Bertz CT molecular complexity index is 39.8. The standard InChI is InChI=1S/C3H6O.C3H8O/c4-3-1-2-3;1-2-3-4/h3-4H,1-2H2;4H,2-3H2,1H3. The Kier molecular flexibility index (Phi) is 5.01. The summed E-state index contributed by atoms with van der Waals surface area (Å²) < 4.78 is 0. The van der Waals surface area contributed by atoms with Crippen molar-refractivity contribution in [1.82, 2.24) is 0 Å². The van der Waals surface area contributed by atoms with E-state index in [1.165, 1.54) is 0 Å². The average Bonchev–Trinajstić information content (AvgIpc) is 2.52. The molecule has 0 atom stereocenters. The van der Waals surface area contributed by atoms with Crippen molar-refractivity contribution in [3.8, 4) is 0 Å². The lowest BCUT2D eigenvalue weighted by molar-refractivity contribution is 0.279. The van der Waals surface area contributed by atoms with Gasteiger partial charge in [0.2, 0.25) is 0 Å². The summed E-state index contributed by atoms with van der Waals surface area (Å²) in [5.74, 6) is 0. The SMILES string of the molecule is CCCO.OC1CC1. The number of rotatable bonds is 1. The fraction of sp³-hybridized carbons (Fsp3) is 1.00. The van der Waals surface area contributed by atoms with Gasteiger partial charge in [0, 0.05) is 6.61 Å². The van der Waals surface area contributed by atoms with Gasteiger partial charge in [-0.3, -0.25) is 0 Å². The molecule has 1 saturated carbocycles. The summed E-state index contributed by atoms with van der Waals surface area (Å²) in [6.45, 7) is 2.25. The summed E-state index contributed by atoms with van der Waals surface area (Å²) in [5, 5.41) is 16.0. The van der Waals surface area contributed by atoms with Crippen molar-refractivity contribution in [3.05, 3.63) is 0 Å². The van der Waals surface area contributed by atoms with Crippen molar-refractivity contribution in [2.24, 2.45) is 0 Å².